The van der Waals surface area contributed by atoms with Gasteiger partial charge in [-0.15, -0.1) is 23.1 Å². The van der Waals surface area contributed by atoms with Crippen LogP contribution in [0.4, 0.5) is 5.13 Å². The van der Waals surface area contributed by atoms with Gasteiger partial charge in [0.2, 0.25) is 0 Å². The molecule has 1 aliphatic rings. The zero-order valence-electron chi connectivity index (χ0n) is 9.59. The summed E-state index contributed by atoms with van der Waals surface area (Å²) < 4.78 is 11.0. The third kappa shape index (κ3) is 2.54. The molecule has 0 radical (unpaired) electrons. The smallest absolute Gasteiger partial charge is 0.180 e. The summed E-state index contributed by atoms with van der Waals surface area (Å²) in [6.45, 7) is 1.24. The van der Waals surface area contributed by atoms with E-state index in [2.05, 4.69) is 4.98 Å². The highest BCUT2D eigenvalue weighted by Crippen LogP contribution is 2.35. The van der Waals surface area contributed by atoms with E-state index in [0.717, 1.165) is 27.8 Å². The van der Waals surface area contributed by atoms with Crippen LogP contribution in [0.3, 0.4) is 0 Å². The van der Waals surface area contributed by atoms with Gasteiger partial charge >= 0.3 is 0 Å². The Morgan fingerprint density at radius 3 is 2.89 bits per heavy atom. The van der Waals surface area contributed by atoms with Gasteiger partial charge in [0.1, 0.15) is 13.2 Å². The number of nitrogens with zero attached hydrogens (tertiary/aromatic N) is 1. The Hall–Kier alpha value is -1.40. The van der Waals surface area contributed by atoms with Crippen LogP contribution in [-0.2, 0) is 5.75 Å². The number of anilines is 1. The van der Waals surface area contributed by atoms with E-state index in [1.807, 2.05) is 23.6 Å². The minimum Gasteiger partial charge on any atom is -0.486 e. The Morgan fingerprint density at radius 1 is 1.28 bits per heavy atom. The number of hydrogen-bond donors (Lipinski definition) is 1. The standard InChI is InChI=1S/C12H12N2O2S2/c13-12-14-8(7-18-12)6-17-9-1-2-10-11(5-9)16-4-3-15-10/h1-2,5,7H,3-4,6H2,(H2,13,14). The third-order valence-corrected chi connectivity index (χ3v) is 4.22. The second-order valence-electron chi connectivity index (χ2n) is 3.77. The largest absolute Gasteiger partial charge is 0.486 e. The molecule has 3 rings (SSSR count). The highest BCUT2D eigenvalue weighted by molar-refractivity contribution is 7.98. The molecule has 18 heavy (non-hydrogen) atoms. The number of thioether (sulfide) groups is 1. The van der Waals surface area contributed by atoms with Crippen LogP contribution in [0.25, 0.3) is 0 Å². The van der Waals surface area contributed by atoms with Crippen LogP contribution in [0.1, 0.15) is 5.69 Å². The van der Waals surface area contributed by atoms with Gasteiger partial charge in [-0.05, 0) is 18.2 Å². The molecule has 1 aromatic heterocycles. The highest BCUT2D eigenvalue weighted by Gasteiger charge is 2.12. The Bertz CT molecular complexity index is 557. The number of benzene rings is 1. The number of thiazole rings is 1. The van der Waals surface area contributed by atoms with Crippen molar-refractivity contribution in [1.82, 2.24) is 4.98 Å². The number of rotatable bonds is 3. The monoisotopic (exact) mass is 280 g/mol. The normalized spacial score (nSPS) is 13.6. The predicted octanol–water partition coefficient (Wildman–Crippen LogP) is 2.79. The van der Waals surface area contributed by atoms with Gasteiger partial charge in [-0.1, -0.05) is 0 Å². The van der Waals surface area contributed by atoms with E-state index in [9.17, 15) is 0 Å². The van der Waals surface area contributed by atoms with Crippen molar-refractivity contribution >= 4 is 28.2 Å². The summed E-state index contributed by atoms with van der Waals surface area (Å²) in [5, 5.41) is 2.60. The first-order valence-corrected chi connectivity index (χ1v) is 7.40. The van der Waals surface area contributed by atoms with Gasteiger partial charge < -0.3 is 15.2 Å². The number of ether oxygens (including phenoxy) is 2. The number of nitrogens with two attached hydrogens (primary N) is 1. The maximum Gasteiger partial charge on any atom is 0.180 e. The van der Waals surface area contributed by atoms with Gasteiger partial charge in [0.25, 0.3) is 0 Å². The second kappa shape index (κ2) is 5.07. The van der Waals surface area contributed by atoms with Crippen molar-refractivity contribution in [3.8, 4) is 11.5 Å². The molecule has 0 fully saturated rings. The predicted molar refractivity (Wildman–Crippen MR) is 73.5 cm³/mol. The Morgan fingerprint density at radius 2 is 2.11 bits per heavy atom. The van der Waals surface area contributed by atoms with Crippen molar-refractivity contribution in [1.29, 1.82) is 0 Å². The number of aromatic nitrogens is 1. The lowest BCUT2D eigenvalue weighted by Gasteiger charge is -2.18. The van der Waals surface area contributed by atoms with Gasteiger partial charge in [0.05, 0.1) is 5.69 Å². The zero-order valence-corrected chi connectivity index (χ0v) is 11.2. The summed E-state index contributed by atoms with van der Waals surface area (Å²) >= 11 is 3.18. The topological polar surface area (TPSA) is 57.4 Å². The van der Waals surface area contributed by atoms with Crippen molar-refractivity contribution in [2.75, 3.05) is 18.9 Å². The number of fused-ring (bicyclic) bond motifs is 1. The van der Waals surface area contributed by atoms with Crippen LogP contribution < -0.4 is 15.2 Å². The summed E-state index contributed by atoms with van der Waals surface area (Å²) in [5.41, 5.74) is 6.61. The minimum absolute atomic E-state index is 0.615. The van der Waals surface area contributed by atoms with Crippen molar-refractivity contribution in [3.05, 3.63) is 29.3 Å². The van der Waals surface area contributed by atoms with E-state index in [1.165, 1.54) is 11.3 Å². The lowest BCUT2D eigenvalue weighted by atomic mass is 10.3. The van der Waals surface area contributed by atoms with E-state index >= 15 is 0 Å². The maximum atomic E-state index is 5.60. The molecule has 0 amide bonds. The molecule has 2 heterocycles. The first kappa shape index (κ1) is 11.7. The molecule has 0 saturated carbocycles. The Labute approximate surface area is 113 Å². The molecule has 0 saturated heterocycles. The molecule has 0 aliphatic carbocycles. The SMILES string of the molecule is Nc1nc(CSc2ccc3c(c2)OCCO3)cs1. The number of nitrogen functional groups attached to an aromatic ring is 1. The van der Waals surface area contributed by atoms with Gasteiger partial charge in [0, 0.05) is 16.0 Å². The molecule has 2 N–H and O–H groups in total. The Balaban J connectivity index is 1.69. The second-order valence-corrected chi connectivity index (χ2v) is 5.71. The van der Waals surface area contributed by atoms with Crippen molar-refractivity contribution in [2.45, 2.75) is 10.6 Å². The lowest BCUT2D eigenvalue weighted by molar-refractivity contribution is 0.171. The molecule has 0 bridgehead atoms. The van der Waals surface area contributed by atoms with Crippen molar-refractivity contribution in [2.24, 2.45) is 0 Å². The zero-order chi connectivity index (χ0) is 12.4. The molecule has 0 atom stereocenters. The molecular weight excluding hydrogens is 268 g/mol. The first-order valence-electron chi connectivity index (χ1n) is 5.53. The van der Waals surface area contributed by atoms with Gasteiger partial charge in [-0.2, -0.15) is 0 Å². The fourth-order valence-electron chi connectivity index (χ4n) is 1.66. The van der Waals surface area contributed by atoms with Crippen LogP contribution in [0.5, 0.6) is 11.5 Å². The van der Waals surface area contributed by atoms with Crippen LogP contribution in [0.15, 0.2) is 28.5 Å². The molecule has 94 valence electrons. The van der Waals surface area contributed by atoms with E-state index in [0.29, 0.717) is 18.3 Å². The van der Waals surface area contributed by atoms with Crippen LogP contribution in [-0.4, -0.2) is 18.2 Å². The summed E-state index contributed by atoms with van der Waals surface area (Å²) in [6, 6.07) is 6.00. The van der Waals surface area contributed by atoms with Crippen LogP contribution in [0, 0.1) is 0 Å². The third-order valence-electron chi connectivity index (χ3n) is 2.47. The van der Waals surface area contributed by atoms with Crippen molar-refractivity contribution < 1.29 is 9.47 Å². The summed E-state index contributed by atoms with van der Waals surface area (Å²) in [7, 11) is 0. The average molecular weight is 280 g/mol. The maximum absolute atomic E-state index is 5.60. The van der Waals surface area contributed by atoms with Gasteiger partial charge in [-0.25, -0.2) is 4.98 Å². The Kier molecular flexibility index (Phi) is 3.29. The van der Waals surface area contributed by atoms with Crippen LogP contribution in [0.2, 0.25) is 0 Å². The van der Waals surface area contributed by atoms with E-state index in [-0.39, 0.29) is 0 Å². The lowest BCUT2D eigenvalue weighted by Crippen LogP contribution is -2.15. The highest BCUT2D eigenvalue weighted by atomic mass is 32.2. The fraction of sp³-hybridized carbons (Fsp3) is 0.250. The van der Waals surface area contributed by atoms with E-state index < -0.39 is 0 Å². The minimum atomic E-state index is 0.615. The first-order chi connectivity index (χ1) is 8.81. The van der Waals surface area contributed by atoms with E-state index in [4.69, 9.17) is 15.2 Å². The molecule has 2 aromatic rings. The molecule has 6 heteroatoms. The van der Waals surface area contributed by atoms with E-state index in [1.54, 1.807) is 11.8 Å². The molecule has 1 aliphatic heterocycles. The van der Waals surface area contributed by atoms with Gasteiger partial charge in [-0.3, -0.25) is 0 Å². The summed E-state index contributed by atoms with van der Waals surface area (Å²) in [4.78, 5) is 5.38. The molecule has 4 nitrogen and oxygen atoms in total. The molecule has 0 unspecified atom stereocenters. The van der Waals surface area contributed by atoms with Gasteiger partial charge in [0.15, 0.2) is 16.6 Å². The molecular formula is C12H12N2O2S2. The molecule has 1 aromatic carbocycles. The average Bonchev–Trinajstić information content (AvgIpc) is 2.82. The van der Waals surface area contributed by atoms with Crippen LogP contribution >= 0.6 is 23.1 Å². The fourth-order valence-corrected chi connectivity index (χ4v) is 3.15. The summed E-state index contributed by atoms with van der Waals surface area (Å²) in [6.07, 6.45) is 0. The quantitative estimate of drug-likeness (QED) is 0.876. The van der Waals surface area contributed by atoms with Crippen molar-refractivity contribution in [3.63, 3.8) is 0 Å². The number of hydrogen-bond acceptors (Lipinski definition) is 6. The summed E-state index contributed by atoms with van der Waals surface area (Å²) in [5.74, 6) is 2.46. The molecule has 0 spiro atoms.